The summed E-state index contributed by atoms with van der Waals surface area (Å²) >= 11 is 0. The van der Waals surface area contributed by atoms with Gasteiger partial charge in [0.1, 0.15) is 11.5 Å². The molecule has 0 aliphatic carbocycles. The lowest BCUT2D eigenvalue weighted by Gasteiger charge is -2.36. The first-order valence-corrected chi connectivity index (χ1v) is 8.51. The topological polar surface area (TPSA) is 50.8 Å². The van der Waals surface area contributed by atoms with Gasteiger partial charge in [0.2, 0.25) is 0 Å². The summed E-state index contributed by atoms with van der Waals surface area (Å²) in [4.78, 5) is 14.8. The zero-order valence-corrected chi connectivity index (χ0v) is 14.7. The lowest BCUT2D eigenvalue weighted by atomic mass is 9.98. The summed E-state index contributed by atoms with van der Waals surface area (Å²) in [6, 6.07) is 6.15. The second-order valence-electron chi connectivity index (χ2n) is 6.73. The summed E-state index contributed by atoms with van der Waals surface area (Å²) in [5, 5.41) is 3.13. The molecular formula is C19H26N2O3. The molecular weight excluding hydrogens is 304 g/mol. The van der Waals surface area contributed by atoms with E-state index in [1.807, 2.05) is 30.0 Å². The van der Waals surface area contributed by atoms with Gasteiger partial charge in [-0.3, -0.25) is 0 Å². The summed E-state index contributed by atoms with van der Waals surface area (Å²) in [7, 11) is 3.25. The monoisotopic (exact) mass is 330 g/mol. The summed E-state index contributed by atoms with van der Waals surface area (Å²) in [6.07, 6.45) is 4.03. The molecule has 0 saturated carbocycles. The van der Waals surface area contributed by atoms with Crippen LogP contribution >= 0.6 is 0 Å². The van der Waals surface area contributed by atoms with Crippen molar-refractivity contribution >= 4 is 6.03 Å². The van der Waals surface area contributed by atoms with Crippen LogP contribution in [0.4, 0.5) is 4.79 Å². The molecule has 2 fully saturated rings. The van der Waals surface area contributed by atoms with Crippen LogP contribution in [0.15, 0.2) is 30.4 Å². The fourth-order valence-corrected chi connectivity index (χ4v) is 3.96. The van der Waals surface area contributed by atoms with Crippen LogP contribution in [0.3, 0.4) is 0 Å². The van der Waals surface area contributed by atoms with Crippen molar-refractivity contribution in [2.24, 2.45) is 0 Å². The number of piperidine rings is 1. The standard InChI is InChI=1S/C19H26N2O3/c1-12-9-14-5-6-15(10-12)21(14)19(22)20-13(2)17-8-7-16(23-3)11-18(17)24-4/h7-8,11,13-15H,1,5-6,9-10H2,2-4H3,(H,20,22)/t13-,14?,15?/m1/s1. The van der Waals surface area contributed by atoms with Gasteiger partial charge in [-0.2, -0.15) is 0 Å². The molecule has 1 aromatic rings. The zero-order valence-electron chi connectivity index (χ0n) is 14.7. The maximum Gasteiger partial charge on any atom is 0.318 e. The number of carbonyl (C=O) groups is 1. The first-order valence-electron chi connectivity index (χ1n) is 8.51. The van der Waals surface area contributed by atoms with Gasteiger partial charge in [-0.15, -0.1) is 0 Å². The van der Waals surface area contributed by atoms with Crippen LogP contribution in [0.1, 0.15) is 44.2 Å². The molecule has 0 spiro atoms. The molecule has 2 amide bonds. The summed E-state index contributed by atoms with van der Waals surface area (Å²) in [5.74, 6) is 1.46. The predicted octanol–water partition coefficient (Wildman–Crippen LogP) is 3.66. The molecule has 0 radical (unpaired) electrons. The van der Waals surface area contributed by atoms with Crippen LogP contribution in [0, 0.1) is 0 Å². The van der Waals surface area contributed by atoms with Crippen molar-refractivity contribution in [3.8, 4) is 11.5 Å². The van der Waals surface area contributed by atoms with Crippen molar-refractivity contribution in [3.63, 3.8) is 0 Å². The smallest absolute Gasteiger partial charge is 0.318 e. The van der Waals surface area contributed by atoms with Gasteiger partial charge >= 0.3 is 6.03 Å². The maximum atomic E-state index is 12.8. The van der Waals surface area contributed by atoms with E-state index in [1.165, 1.54) is 5.57 Å². The number of fused-ring (bicyclic) bond motifs is 2. The average Bonchev–Trinajstić information content (AvgIpc) is 2.85. The van der Waals surface area contributed by atoms with Crippen LogP contribution in [0.2, 0.25) is 0 Å². The quantitative estimate of drug-likeness (QED) is 0.857. The molecule has 1 N–H and O–H groups in total. The highest BCUT2D eigenvalue weighted by atomic mass is 16.5. The SMILES string of the molecule is C=C1CC2CCC(C1)N2C(=O)N[C@H](C)c1ccc(OC)cc1OC. The number of amides is 2. The van der Waals surface area contributed by atoms with Crippen molar-refractivity contribution in [2.75, 3.05) is 14.2 Å². The largest absolute Gasteiger partial charge is 0.497 e. The number of rotatable bonds is 4. The van der Waals surface area contributed by atoms with Gasteiger partial charge in [-0.05, 0) is 44.7 Å². The van der Waals surface area contributed by atoms with Gasteiger partial charge in [0.05, 0.1) is 20.3 Å². The number of carbonyl (C=O) groups excluding carboxylic acids is 1. The van der Waals surface area contributed by atoms with Gasteiger partial charge in [0.15, 0.2) is 0 Å². The minimum Gasteiger partial charge on any atom is -0.497 e. The van der Waals surface area contributed by atoms with E-state index in [2.05, 4.69) is 11.9 Å². The summed E-state index contributed by atoms with van der Waals surface area (Å²) in [5.41, 5.74) is 2.22. The number of urea groups is 1. The number of ether oxygens (including phenoxy) is 2. The van der Waals surface area contributed by atoms with E-state index in [0.717, 1.165) is 42.7 Å². The molecule has 1 aromatic carbocycles. The Morgan fingerprint density at radius 1 is 1.25 bits per heavy atom. The third-order valence-corrected chi connectivity index (χ3v) is 5.15. The Kier molecular flexibility index (Phi) is 4.69. The van der Waals surface area contributed by atoms with Crippen LogP contribution in [-0.4, -0.2) is 37.2 Å². The molecule has 130 valence electrons. The third-order valence-electron chi connectivity index (χ3n) is 5.15. The van der Waals surface area contributed by atoms with Crippen molar-refractivity contribution < 1.29 is 14.3 Å². The molecule has 5 nitrogen and oxygen atoms in total. The highest BCUT2D eigenvalue weighted by molar-refractivity contribution is 5.76. The Morgan fingerprint density at radius 3 is 2.50 bits per heavy atom. The lowest BCUT2D eigenvalue weighted by Crippen LogP contribution is -2.49. The molecule has 2 heterocycles. The second kappa shape index (κ2) is 6.75. The summed E-state index contributed by atoms with van der Waals surface area (Å²) < 4.78 is 10.7. The van der Waals surface area contributed by atoms with Crippen LogP contribution in [0.25, 0.3) is 0 Å². The van der Waals surface area contributed by atoms with Gasteiger partial charge in [-0.25, -0.2) is 4.79 Å². The molecule has 0 aromatic heterocycles. The van der Waals surface area contributed by atoms with E-state index < -0.39 is 0 Å². The number of benzene rings is 1. The minimum absolute atomic E-state index is 0.0142. The first-order chi connectivity index (χ1) is 11.5. The number of nitrogens with zero attached hydrogens (tertiary/aromatic N) is 1. The lowest BCUT2D eigenvalue weighted by molar-refractivity contribution is 0.158. The third kappa shape index (κ3) is 3.07. The second-order valence-corrected chi connectivity index (χ2v) is 6.73. The van der Waals surface area contributed by atoms with Crippen molar-refractivity contribution in [2.45, 2.75) is 50.7 Å². The van der Waals surface area contributed by atoms with Gasteiger partial charge in [-0.1, -0.05) is 12.2 Å². The van der Waals surface area contributed by atoms with E-state index >= 15 is 0 Å². The fraction of sp³-hybridized carbons (Fsp3) is 0.526. The van der Waals surface area contributed by atoms with Crippen molar-refractivity contribution in [3.05, 3.63) is 35.9 Å². The fourth-order valence-electron chi connectivity index (χ4n) is 3.96. The molecule has 3 rings (SSSR count). The van der Waals surface area contributed by atoms with Crippen LogP contribution in [0.5, 0.6) is 11.5 Å². The van der Waals surface area contributed by atoms with Gasteiger partial charge < -0.3 is 19.7 Å². The molecule has 2 saturated heterocycles. The molecule has 24 heavy (non-hydrogen) atoms. The molecule has 5 heteroatoms. The Balaban J connectivity index is 1.72. The molecule has 2 aliphatic rings. The highest BCUT2D eigenvalue weighted by Gasteiger charge is 2.41. The molecule has 2 unspecified atom stereocenters. The predicted molar refractivity (Wildman–Crippen MR) is 93.5 cm³/mol. The zero-order chi connectivity index (χ0) is 17.3. The van der Waals surface area contributed by atoms with Crippen LogP contribution in [-0.2, 0) is 0 Å². The minimum atomic E-state index is -0.136. The maximum absolute atomic E-state index is 12.8. The Bertz CT molecular complexity index is 627. The molecule has 3 atom stereocenters. The highest BCUT2D eigenvalue weighted by Crippen LogP contribution is 2.38. The normalized spacial score (nSPS) is 23.8. The Labute approximate surface area is 143 Å². The first kappa shape index (κ1) is 16.7. The van der Waals surface area contributed by atoms with E-state index in [0.29, 0.717) is 12.1 Å². The Morgan fingerprint density at radius 2 is 1.92 bits per heavy atom. The Hall–Kier alpha value is -2.17. The van der Waals surface area contributed by atoms with E-state index in [-0.39, 0.29) is 12.1 Å². The number of hydrogen-bond acceptors (Lipinski definition) is 3. The number of nitrogens with one attached hydrogen (secondary N) is 1. The van der Waals surface area contributed by atoms with E-state index in [4.69, 9.17) is 9.47 Å². The van der Waals surface area contributed by atoms with Crippen LogP contribution < -0.4 is 14.8 Å². The van der Waals surface area contributed by atoms with E-state index in [1.54, 1.807) is 14.2 Å². The van der Waals surface area contributed by atoms with E-state index in [9.17, 15) is 4.79 Å². The van der Waals surface area contributed by atoms with Crippen molar-refractivity contribution in [1.29, 1.82) is 0 Å². The number of methoxy groups -OCH3 is 2. The average molecular weight is 330 g/mol. The van der Waals surface area contributed by atoms with Crippen molar-refractivity contribution in [1.82, 2.24) is 10.2 Å². The molecule has 2 bridgehead atoms. The van der Waals surface area contributed by atoms with Gasteiger partial charge in [0.25, 0.3) is 0 Å². The summed E-state index contributed by atoms with van der Waals surface area (Å²) in [6.45, 7) is 6.09. The number of hydrogen-bond donors (Lipinski definition) is 1. The molecule has 2 aliphatic heterocycles. The van der Waals surface area contributed by atoms with Gasteiger partial charge in [0, 0.05) is 23.7 Å².